The predicted octanol–water partition coefficient (Wildman–Crippen LogP) is 3.85. The summed E-state index contributed by atoms with van der Waals surface area (Å²) < 4.78 is 42.8. The standard InChI is InChI=1S/C21H18F3N5OS/c22-21(23,24)20(11-15-5-2-1-3-6-15)28-9-10-29(20)19-27-14-17(31-19)18(30)26-13-16-7-4-8-25-12-16/h1-10,12,14,28H,11,13H2,(H,26,30). The van der Waals surface area contributed by atoms with Crippen molar-refractivity contribution >= 4 is 22.4 Å². The van der Waals surface area contributed by atoms with Gasteiger partial charge in [-0.15, -0.1) is 0 Å². The summed E-state index contributed by atoms with van der Waals surface area (Å²) in [4.78, 5) is 21.8. The minimum Gasteiger partial charge on any atom is -0.359 e. The molecule has 0 saturated heterocycles. The minimum absolute atomic E-state index is 0.0704. The van der Waals surface area contributed by atoms with Gasteiger partial charge in [-0.1, -0.05) is 47.7 Å². The van der Waals surface area contributed by atoms with Gasteiger partial charge in [0.1, 0.15) is 4.88 Å². The van der Waals surface area contributed by atoms with Gasteiger partial charge in [0, 0.05) is 37.8 Å². The molecule has 0 saturated carbocycles. The van der Waals surface area contributed by atoms with Crippen molar-refractivity contribution in [1.82, 2.24) is 20.6 Å². The minimum atomic E-state index is -4.61. The van der Waals surface area contributed by atoms with E-state index in [0.29, 0.717) is 5.56 Å². The highest BCUT2D eigenvalue weighted by Crippen LogP contribution is 2.42. The largest absolute Gasteiger partial charge is 0.431 e. The Labute approximate surface area is 180 Å². The van der Waals surface area contributed by atoms with Gasteiger partial charge in [0.15, 0.2) is 5.13 Å². The van der Waals surface area contributed by atoms with Gasteiger partial charge in [-0.05, 0) is 17.2 Å². The van der Waals surface area contributed by atoms with Crippen LogP contribution in [0.1, 0.15) is 20.8 Å². The van der Waals surface area contributed by atoms with Crippen LogP contribution in [0, 0.1) is 0 Å². The Kier molecular flexibility index (Phi) is 5.64. The van der Waals surface area contributed by atoms with Gasteiger partial charge in [0.2, 0.25) is 5.66 Å². The molecule has 160 valence electrons. The number of amides is 1. The monoisotopic (exact) mass is 445 g/mol. The maximum absolute atomic E-state index is 14.3. The Hall–Kier alpha value is -3.40. The fraction of sp³-hybridized carbons (Fsp3) is 0.190. The van der Waals surface area contributed by atoms with Crippen LogP contribution < -0.4 is 15.5 Å². The molecule has 6 nitrogen and oxygen atoms in total. The molecule has 0 bridgehead atoms. The number of pyridine rings is 1. The number of halogens is 3. The van der Waals surface area contributed by atoms with E-state index in [-0.39, 0.29) is 23.0 Å². The zero-order valence-electron chi connectivity index (χ0n) is 16.1. The van der Waals surface area contributed by atoms with E-state index in [1.54, 1.807) is 48.8 Å². The number of rotatable bonds is 6. The van der Waals surface area contributed by atoms with Gasteiger partial charge in [-0.2, -0.15) is 13.2 Å². The third-order valence-electron chi connectivity index (χ3n) is 4.83. The number of nitrogens with zero attached hydrogens (tertiary/aromatic N) is 3. The number of aromatic nitrogens is 2. The van der Waals surface area contributed by atoms with Crippen LogP contribution in [0.2, 0.25) is 0 Å². The van der Waals surface area contributed by atoms with Gasteiger partial charge in [-0.25, -0.2) is 4.98 Å². The van der Waals surface area contributed by atoms with Gasteiger partial charge >= 0.3 is 6.18 Å². The van der Waals surface area contributed by atoms with E-state index in [1.165, 1.54) is 18.6 Å². The summed E-state index contributed by atoms with van der Waals surface area (Å²) in [6.45, 7) is 0.256. The Bertz CT molecular complexity index is 1070. The molecule has 1 aliphatic rings. The van der Waals surface area contributed by atoms with Crippen molar-refractivity contribution in [2.45, 2.75) is 24.8 Å². The fourth-order valence-electron chi connectivity index (χ4n) is 3.27. The second-order valence-corrected chi connectivity index (χ2v) is 7.91. The first-order valence-corrected chi connectivity index (χ1v) is 10.2. The molecule has 4 rings (SSSR count). The normalized spacial score (nSPS) is 18.1. The van der Waals surface area contributed by atoms with E-state index in [0.717, 1.165) is 21.8 Å². The SMILES string of the molecule is O=C(NCc1cccnc1)c1cnc(N2C=CNC2(Cc2ccccc2)C(F)(F)F)s1. The van der Waals surface area contributed by atoms with Crippen LogP contribution >= 0.6 is 11.3 Å². The molecule has 3 heterocycles. The van der Waals surface area contributed by atoms with E-state index in [2.05, 4.69) is 20.6 Å². The van der Waals surface area contributed by atoms with Crippen LogP contribution in [0.25, 0.3) is 0 Å². The lowest BCUT2D eigenvalue weighted by Crippen LogP contribution is -2.63. The highest BCUT2D eigenvalue weighted by atomic mass is 32.1. The summed E-state index contributed by atoms with van der Waals surface area (Å²) in [5.41, 5.74) is -1.06. The van der Waals surface area contributed by atoms with Gasteiger partial charge in [-0.3, -0.25) is 14.7 Å². The molecule has 1 atom stereocenters. The summed E-state index contributed by atoms with van der Waals surface area (Å²) in [5.74, 6) is -0.413. The van der Waals surface area contributed by atoms with Crippen LogP contribution in [0.15, 0.2) is 73.5 Å². The number of carbonyl (C=O) groups is 1. The second kappa shape index (κ2) is 8.38. The zero-order valence-corrected chi connectivity index (χ0v) is 17.0. The molecule has 1 amide bonds. The second-order valence-electron chi connectivity index (χ2n) is 6.90. The van der Waals surface area contributed by atoms with E-state index >= 15 is 0 Å². The van der Waals surface area contributed by atoms with Gasteiger partial charge in [0.05, 0.1) is 6.20 Å². The molecule has 0 spiro atoms. The van der Waals surface area contributed by atoms with E-state index in [1.807, 2.05) is 6.07 Å². The summed E-state index contributed by atoms with van der Waals surface area (Å²) in [6.07, 6.45) is 2.15. The summed E-state index contributed by atoms with van der Waals surface area (Å²) in [5, 5.41) is 5.27. The molecule has 0 radical (unpaired) electrons. The Morgan fingerprint density at radius 2 is 1.90 bits per heavy atom. The van der Waals surface area contributed by atoms with Crippen LogP contribution in [0.3, 0.4) is 0 Å². The van der Waals surface area contributed by atoms with Crippen LogP contribution in [-0.2, 0) is 13.0 Å². The van der Waals surface area contributed by atoms with Crippen molar-refractivity contribution in [3.8, 4) is 0 Å². The molecule has 31 heavy (non-hydrogen) atoms. The Morgan fingerprint density at radius 3 is 2.61 bits per heavy atom. The maximum Gasteiger partial charge on any atom is 0.431 e. The molecule has 3 aromatic rings. The molecule has 2 N–H and O–H groups in total. The third kappa shape index (κ3) is 4.24. The Morgan fingerprint density at radius 1 is 1.13 bits per heavy atom. The molecule has 0 aliphatic carbocycles. The first-order chi connectivity index (χ1) is 14.9. The van der Waals surface area contributed by atoms with Crippen molar-refractivity contribution in [2.24, 2.45) is 0 Å². The van der Waals surface area contributed by atoms with Crippen molar-refractivity contribution < 1.29 is 18.0 Å². The van der Waals surface area contributed by atoms with Crippen molar-refractivity contribution in [3.63, 3.8) is 0 Å². The lowest BCUT2D eigenvalue weighted by molar-refractivity contribution is -0.189. The molecular weight excluding hydrogens is 427 g/mol. The highest BCUT2D eigenvalue weighted by molar-refractivity contribution is 7.17. The molecular formula is C21H18F3N5OS. The number of nitrogens with one attached hydrogen (secondary N) is 2. The molecule has 0 fully saturated rings. The summed E-state index contributed by atoms with van der Waals surface area (Å²) >= 11 is 0.898. The molecule has 1 aliphatic heterocycles. The number of carbonyl (C=O) groups excluding carboxylic acids is 1. The average Bonchev–Trinajstić information content (AvgIpc) is 3.41. The lowest BCUT2D eigenvalue weighted by Gasteiger charge is -2.39. The summed E-state index contributed by atoms with van der Waals surface area (Å²) in [7, 11) is 0. The van der Waals surface area contributed by atoms with E-state index < -0.39 is 17.7 Å². The molecule has 1 aromatic carbocycles. The zero-order chi connectivity index (χ0) is 21.9. The summed E-state index contributed by atoms with van der Waals surface area (Å²) in [6, 6.07) is 12.0. The first kappa shape index (κ1) is 20.9. The number of alkyl halides is 3. The number of hydrogen-bond donors (Lipinski definition) is 2. The van der Waals surface area contributed by atoms with Crippen molar-refractivity contribution in [3.05, 3.63) is 89.5 Å². The first-order valence-electron chi connectivity index (χ1n) is 9.36. The van der Waals surface area contributed by atoms with Crippen molar-refractivity contribution in [2.75, 3.05) is 4.90 Å². The maximum atomic E-state index is 14.3. The average molecular weight is 445 g/mol. The van der Waals surface area contributed by atoms with E-state index in [4.69, 9.17) is 0 Å². The van der Waals surface area contributed by atoms with Crippen LogP contribution in [0.4, 0.5) is 18.3 Å². The number of benzene rings is 1. The van der Waals surface area contributed by atoms with Crippen LogP contribution in [0.5, 0.6) is 0 Å². The molecule has 10 heteroatoms. The van der Waals surface area contributed by atoms with Crippen LogP contribution in [-0.4, -0.2) is 27.7 Å². The van der Waals surface area contributed by atoms with Crippen molar-refractivity contribution in [1.29, 1.82) is 0 Å². The third-order valence-corrected chi connectivity index (χ3v) is 5.82. The van der Waals surface area contributed by atoms with Gasteiger partial charge < -0.3 is 10.6 Å². The lowest BCUT2D eigenvalue weighted by atomic mass is 9.98. The smallest absolute Gasteiger partial charge is 0.359 e. The number of hydrogen-bond acceptors (Lipinski definition) is 6. The number of anilines is 1. The van der Waals surface area contributed by atoms with Gasteiger partial charge in [0.25, 0.3) is 5.91 Å². The molecule has 1 unspecified atom stereocenters. The quantitative estimate of drug-likeness (QED) is 0.603. The topological polar surface area (TPSA) is 70.2 Å². The predicted molar refractivity (Wildman–Crippen MR) is 111 cm³/mol. The van der Waals surface area contributed by atoms with E-state index in [9.17, 15) is 18.0 Å². The molecule has 2 aromatic heterocycles. The highest BCUT2D eigenvalue weighted by Gasteiger charge is 2.60. The number of thiazole rings is 1. The Balaban J connectivity index is 1.55. The fourth-order valence-corrected chi connectivity index (χ4v) is 4.16.